The van der Waals surface area contributed by atoms with E-state index in [1.807, 2.05) is 31.2 Å². The second-order valence-corrected chi connectivity index (χ2v) is 6.22. The molecule has 0 saturated carbocycles. The summed E-state index contributed by atoms with van der Waals surface area (Å²) >= 11 is 0. The highest BCUT2D eigenvalue weighted by Gasteiger charge is 2.09. The van der Waals surface area contributed by atoms with E-state index in [1.165, 1.54) is 0 Å². The number of carbonyl (C=O) groups is 3. The van der Waals surface area contributed by atoms with Gasteiger partial charge in [0.1, 0.15) is 5.75 Å². The standard InChI is InChI=1S/C21H23NO5/c1-15-2-6-17(7-3-15)19(23)10-11-20(24)22-13-12-16-4-8-18(9-5-16)27-14-21(25)26/h2-9H,10-14H2,1H3,(H,22,24)(H,25,26). The summed E-state index contributed by atoms with van der Waals surface area (Å²) in [6, 6.07) is 14.4. The number of rotatable bonds is 10. The lowest BCUT2D eigenvalue weighted by Gasteiger charge is -2.07. The van der Waals surface area contributed by atoms with Crippen molar-refractivity contribution < 1.29 is 24.2 Å². The average Bonchev–Trinajstić information content (AvgIpc) is 2.66. The minimum Gasteiger partial charge on any atom is -0.482 e. The number of amides is 1. The summed E-state index contributed by atoms with van der Waals surface area (Å²) in [6.45, 7) is 2.04. The zero-order valence-corrected chi connectivity index (χ0v) is 15.2. The zero-order valence-electron chi connectivity index (χ0n) is 15.2. The van der Waals surface area contributed by atoms with Gasteiger partial charge in [0.2, 0.25) is 5.91 Å². The van der Waals surface area contributed by atoms with Crippen LogP contribution in [-0.2, 0) is 16.0 Å². The average molecular weight is 369 g/mol. The Morgan fingerprint density at radius 3 is 2.26 bits per heavy atom. The molecule has 0 aliphatic heterocycles. The molecule has 0 aromatic heterocycles. The first kappa shape index (κ1) is 20.2. The minimum atomic E-state index is -1.03. The SMILES string of the molecule is Cc1ccc(C(=O)CCC(=O)NCCc2ccc(OCC(=O)O)cc2)cc1. The molecule has 0 bridgehead atoms. The fraction of sp³-hybridized carbons (Fsp3) is 0.286. The van der Waals surface area contributed by atoms with E-state index in [2.05, 4.69) is 5.32 Å². The molecule has 2 aromatic rings. The number of hydrogen-bond acceptors (Lipinski definition) is 4. The molecule has 0 aliphatic carbocycles. The van der Waals surface area contributed by atoms with E-state index < -0.39 is 5.97 Å². The van der Waals surface area contributed by atoms with Gasteiger partial charge in [-0.1, -0.05) is 42.0 Å². The van der Waals surface area contributed by atoms with Crippen molar-refractivity contribution in [3.05, 3.63) is 65.2 Å². The van der Waals surface area contributed by atoms with Crippen molar-refractivity contribution in [1.29, 1.82) is 0 Å². The van der Waals surface area contributed by atoms with E-state index >= 15 is 0 Å². The van der Waals surface area contributed by atoms with Gasteiger partial charge in [-0.2, -0.15) is 0 Å². The normalized spacial score (nSPS) is 10.3. The number of Topliss-reactive ketones (excluding diaryl/α,β-unsaturated/α-hetero) is 1. The van der Waals surface area contributed by atoms with E-state index in [9.17, 15) is 14.4 Å². The van der Waals surface area contributed by atoms with Gasteiger partial charge in [0.25, 0.3) is 0 Å². The van der Waals surface area contributed by atoms with Crippen LogP contribution in [0.3, 0.4) is 0 Å². The van der Waals surface area contributed by atoms with E-state index in [4.69, 9.17) is 9.84 Å². The summed E-state index contributed by atoms with van der Waals surface area (Å²) in [5.74, 6) is -0.735. The molecule has 1 amide bonds. The second-order valence-electron chi connectivity index (χ2n) is 6.22. The van der Waals surface area contributed by atoms with Gasteiger partial charge in [0, 0.05) is 24.9 Å². The van der Waals surface area contributed by atoms with E-state index in [0.717, 1.165) is 11.1 Å². The summed E-state index contributed by atoms with van der Waals surface area (Å²) in [4.78, 5) is 34.4. The highest BCUT2D eigenvalue weighted by Crippen LogP contribution is 2.12. The number of ketones is 1. The number of aryl methyl sites for hydroxylation is 1. The fourth-order valence-electron chi connectivity index (χ4n) is 2.44. The Hall–Kier alpha value is -3.15. The largest absolute Gasteiger partial charge is 0.482 e. The van der Waals surface area contributed by atoms with Gasteiger partial charge in [-0.15, -0.1) is 0 Å². The van der Waals surface area contributed by atoms with Gasteiger partial charge >= 0.3 is 5.97 Å². The summed E-state index contributed by atoms with van der Waals surface area (Å²) in [5.41, 5.74) is 2.71. The molecule has 0 heterocycles. The smallest absolute Gasteiger partial charge is 0.341 e. The van der Waals surface area contributed by atoms with E-state index in [-0.39, 0.29) is 31.1 Å². The summed E-state index contributed by atoms with van der Waals surface area (Å²) in [6.07, 6.45) is 0.982. The maximum absolute atomic E-state index is 12.1. The molecule has 2 rings (SSSR count). The number of nitrogens with one attached hydrogen (secondary N) is 1. The fourth-order valence-corrected chi connectivity index (χ4v) is 2.44. The Balaban J connectivity index is 1.67. The van der Waals surface area contributed by atoms with Gasteiger partial charge in [0.15, 0.2) is 12.4 Å². The van der Waals surface area contributed by atoms with Crippen LogP contribution in [0.25, 0.3) is 0 Å². The predicted octanol–water partition coefficient (Wildman–Crippen LogP) is 2.78. The van der Waals surface area contributed by atoms with Crippen molar-refractivity contribution in [3.63, 3.8) is 0 Å². The van der Waals surface area contributed by atoms with Crippen LogP contribution in [0.4, 0.5) is 0 Å². The van der Waals surface area contributed by atoms with Gasteiger partial charge in [-0.25, -0.2) is 4.79 Å². The first-order valence-corrected chi connectivity index (χ1v) is 8.74. The first-order chi connectivity index (χ1) is 12.9. The van der Waals surface area contributed by atoms with Crippen molar-refractivity contribution in [2.24, 2.45) is 0 Å². The molecule has 0 atom stereocenters. The highest BCUT2D eigenvalue weighted by atomic mass is 16.5. The van der Waals surface area contributed by atoms with Crippen molar-refractivity contribution >= 4 is 17.7 Å². The van der Waals surface area contributed by atoms with Gasteiger partial charge in [0.05, 0.1) is 0 Å². The van der Waals surface area contributed by atoms with Crippen LogP contribution in [0, 0.1) is 6.92 Å². The van der Waals surface area contributed by atoms with Crippen molar-refractivity contribution in [2.45, 2.75) is 26.2 Å². The molecule has 0 aliphatic rings. The third-order valence-electron chi connectivity index (χ3n) is 3.97. The maximum Gasteiger partial charge on any atom is 0.341 e. The molecule has 27 heavy (non-hydrogen) atoms. The van der Waals surface area contributed by atoms with Crippen LogP contribution in [0.1, 0.15) is 34.3 Å². The minimum absolute atomic E-state index is 0.0397. The van der Waals surface area contributed by atoms with Gasteiger partial charge < -0.3 is 15.2 Å². The summed E-state index contributed by atoms with van der Waals surface area (Å²) in [5, 5.41) is 11.4. The van der Waals surface area contributed by atoms with Crippen LogP contribution < -0.4 is 10.1 Å². The lowest BCUT2D eigenvalue weighted by atomic mass is 10.0. The van der Waals surface area contributed by atoms with Crippen LogP contribution in [0.5, 0.6) is 5.75 Å². The third-order valence-corrected chi connectivity index (χ3v) is 3.97. The molecule has 0 saturated heterocycles. The van der Waals surface area contributed by atoms with Crippen LogP contribution in [0.15, 0.2) is 48.5 Å². The molecule has 2 N–H and O–H groups in total. The number of hydrogen-bond donors (Lipinski definition) is 2. The Bertz CT molecular complexity index is 781. The first-order valence-electron chi connectivity index (χ1n) is 8.74. The van der Waals surface area contributed by atoms with Crippen molar-refractivity contribution in [3.8, 4) is 5.75 Å². The summed E-state index contributed by atoms with van der Waals surface area (Å²) < 4.78 is 5.06. The molecule has 0 spiro atoms. The highest BCUT2D eigenvalue weighted by molar-refractivity contribution is 5.97. The Morgan fingerprint density at radius 2 is 1.63 bits per heavy atom. The molecule has 6 nitrogen and oxygen atoms in total. The quantitative estimate of drug-likeness (QED) is 0.628. The predicted molar refractivity (Wildman–Crippen MR) is 101 cm³/mol. The maximum atomic E-state index is 12.1. The topological polar surface area (TPSA) is 92.7 Å². The molecular formula is C21H23NO5. The lowest BCUT2D eigenvalue weighted by molar-refractivity contribution is -0.139. The summed E-state index contributed by atoms with van der Waals surface area (Å²) in [7, 11) is 0. The Morgan fingerprint density at radius 1 is 0.963 bits per heavy atom. The van der Waals surface area contributed by atoms with Crippen LogP contribution in [-0.4, -0.2) is 35.9 Å². The second kappa shape index (κ2) is 10.1. The Labute approximate surface area is 158 Å². The van der Waals surface area contributed by atoms with Crippen molar-refractivity contribution in [1.82, 2.24) is 5.32 Å². The van der Waals surface area contributed by atoms with Gasteiger partial charge in [-0.3, -0.25) is 9.59 Å². The molecular weight excluding hydrogens is 346 g/mol. The number of benzene rings is 2. The van der Waals surface area contributed by atoms with Gasteiger partial charge in [-0.05, 0) is 31.0 Å². The number of carboxylic acid groups (broad SMARTS) is 1. The molecule has 142 valence electrons. The Kier molecular flexibility index (Phi) is 7.55. The third kappa shape index (κ3) is 7.32. The molecule has 6 heteroatoms. The number of ether oxygens (including phenoxy) is 1. The van der Waals surface area contributed by atoms with Crippen LogP contribution >= 0.6 is 0 Å². The number of carboxylic acids is 1. The molecule has 2 aromatic carbocycles. The molecule has 0 fully saturated rings. The lowest BCUT2D eigenvalue weighted by Crippen LogP contribution is -2.26. The molecule has 0 radical (unpaired) electrons. The monoisotopic (exact) mass is 369 g/mol. The van der Waals surface area contributed by atoms with Crippen LogP contribution in [0.2, 0.25) is 0 Å². The number of carbonyl (C=O) groups excluding carboxylic acids is 2. The van der Waals surface area contributed by atoms with E-state index in [0.29, 0.717) is 24.3 Å². The zero-order chi connectivity index (χ0) is 19.6. The van der Waals surface area contributed by atoms with Crippen molar-refractivity contribution in [2.75, 3.05) is 13.2 Å². The van der Waals surface area contributed by atoms with E-state index in [1.54, 1.807) is 24.3 Å². The molecule has 0 unspecified atom stereocenters. The number of aliphatic carboxylic acids is 1.